The maximum absolute atomic E-state index is 2.79. The molecule has 8 aromatic rings. The molecular formula is C84H98BN3. The normalized spacial score (nSPS) is 18.9. The SMILES string of the molecule is Cc1cc(C(C)(C)C)ccc1N(c1ccc2c(c1)N1c3cc(cc4c3B2c2cc3c(cc2N4c2ccc4c(c2)C(C)(C)CCC4(C)C)C(C)(C)CCC3(C)C)C(C)(C)c2ccc3c(c2)C(C)(C)c2c(C(C)(C)C)ccc1c2-3)c1ccc(C(C)(C)C)cc1C. The average Bonchev–Trinajstić information content (AvgIpc) is 1.13. The third-order valence-corrected chi connectivity index (χ3v) is 23.2. The molecule has 6 bridgehead atoms. The molecule has 15 rings (SSSR count). The van der Waals surface area contributed by atoms with Crippen LogP contribution in [0.4, 0.5) is 51.2 Å². The van der Waals surface area contributed by atoms with E-state index in [0.717, 1.165) is 24.9 Å². The first kappa shape index (κ1) is 58.9. The van der Waals surface area contributed by atoms with Crippen molar-refractivity contribution in [1.82, 2.24) is 0 Å². The summed E-state index contributed by atoms with van der Waals surface area (Å²) in [7, 11) is 0. The van der Waals surface area contributed by atoms with Gasteiger partial charge in [0.05, 0.1) is 5.69 Å². The zero-order valence-electron chi connectivity index (χ0n) is 57.9. The smallest absolute Gasteiger partial charge is 0.252 e. The molecule has 4 aliphatic heterocycles. The Labute approximate surface area is 530 Å². The lowest BCUT2D eigenvalue weighted by Gasteiger charge is -2.48. The van der Waals surface area contributed by atoms with Crippen molar-refractivity contribution < 1.29 is 0 Å². The first-order valence-corrected chi connectivity index (χ1v) is 33.5. The predicted molar refractivity (Wildman–Crippen MR) is 381 cm³/mol. The number of aryl methyl sites for hydroxylation is 2. The summed E-state index contributed by atoms with van der Waals surface area (Å²) >= 11 is 0. The van der Waals surface area contributed by atoms with Gasteiger partial charge in [0.1, 0.15) is 0 Å². The summed E-state index contributed by atoms with van der Waals surface area (Å²) in [5.74, 6) is 0. The Bertz CT molecular complexity index is 4260. The van der Waals surface area contributed by atoms with Crippen LogP contribution in [0.2, 0.25) is 0 Å². The highest BCUT2D eigenvalue weighted by atomic mass is 15.2. The van der Waals surface area contributed by atoms with E-state index in [2.05, 4.69) is 301 Å². The highest BCUT2D eigenvalue weighted by Crippen LogP contribution is 2.61. The maximum Gasteiger partial charge on any atom is 0.252 e. The van der Waals surface area contributed by atoms with Gasteiger partial charge in [-0.25, -0.2) is 0 Å². The lowest BCUT2D eigenvalue weighted by atomic mass is 9.33. The molecule has 0 fully saturated rings. The van der Waals surface area contributed by atoms with Gasteiger partial charge in [-0.3, -0.25) is 0 Å². The largest absolute Gasteiger partial charge is 0.311 e. The van der Waals surface area contributed by atoms with Crippen LogP contribution in [0, 0.1) is 13.8 Å². The van der Waals surface area contributed by atoms with Gasteiger partial charge in [-0.05, 0) is 232 Å². The molecule has 4 heterocycles. The van der Waals surface area contributed by atoms with E-state index in [0.29, 0.717) is 0 Å². The van der Waals surface area contributed by atoms with Crippen molar-refractivity contribution in [2.24, 2.45) is 0 Å². The molecule has 8 aromatic carbocycles. The molecular weight excluding hydrogens is 1060 g/mol. The average molecular weight is 1160 g/mol. The van der Waals surface area contributed by atoms with Crippen LogP contribution >= 0.6 is 0 Å². The lowest BCUT2D eigenvalue weighted by molar-refractivity contribution is 0.332. The maximum atomic E-state index is 2.79. The Morgan fingerprint density at radius 1 is 0.398 bits per heavy atom. The Hall–Kier alpha value is -6.78. The van der Waals surface area contributed by atoms with E-state index in [9.17, 15) is 0 Å². The number of nitrogens with zero attached hydrogens (tertiary/aromatic N) is 3. The minimum absolute atomic E-state index is 0.000652. The van der Waals surface area contributed by atoms with Crippen molar-refractivity contribution in [2.75, 3.05) is 14.7 Å². The summed E-state index contributed by atoms with van der Waals surface area (Å²) in [6, 6.07) is 53.2. The number of benzene rings is 8. The molecule has 0 amide bonds. The second-order valence-corrected chi connectivity index (χ2v) is 35.0. The summed E-state index contributed by atoms with van der Waals surface area (Å²) in [5.41, 5.74) is 35.7. The Balaban J connectivity index is 1.15. The van der Waals surface area contributed by atoms with Gasteiger partial charge in [0, 0.05) is 61.9 Å². The van der Waals surface area contributed by atoms with Gasteiger partial charge in [0.25, 0.3) is 6.71 Å². The Kier molecular flexibility index (Phi) is 12.3. The fourth-order valence-corrected chi connectivity index (χ4v) is 17.2. The van der Waals surface area contributed by atoms with Crippen LogP contribution in [0.5, 0.6) is 0 Å². The first-order valence-electron chi connectivity index (χ1n) is 33.5. The highest BCUT2D eigenvalue weighted by molar-refractivity contribution is 7.00. The van der Waals surface area contributed by atoms with E-state index in [-0.39, 0.29) is 55.4 Å². The van der Waals surface area contributed by atoms with Gasteiger partial charge in [-0.1, -0.05) is 212 Å². The molecule has 0 aromatic heterocycles. The fourth-order valence-electron chi connectivity index (χ4n) is 17.2. The number of hydrogen-bond donors (Lipinski definition) is 0. The van der Waals surface area contributed by atoms with Crippen molar-refractivity contribution in [1.29, 1.82) is 0 Å². The molecule has 3 nitrogen and oxygen atoms in total. The van der Waals surface area contributed by atoms with Crippen LogP contribution in [-0.2, 0) is 48.7 Å². The van der Waals surface area contributed by atoms with Crippen LogP contribution in [0.3, 0.4) is 0 Å². The highest BCUT2D eigenvalue weighted by Gasteiger charge is 2.51. The minimum atomic E-state index is -0.371. The molecule has 4 heteroatoms. The standard InChI is InChI=1S/C84H98BN3/c1-49-40-51(76(3,4)5)25-33-66(49)86(67-34-26-52(41-50(67)2)77(6,7)8)56-28-32-64-69(46-56)88-68-35-31-59(78(9,10)11)74-73(68)57-29-24-53(42-60(57)84(74,22)23)83(20,21)54-43-71-75(72(88)44-54)85(64)65-47-62-63(82(18,19)39-38-81(62,16)17)48-70(65)87(71)55-27-30-58-61(45-55)80(14,15)37-36-79(58,12)13/h24-35,40-48H,36-39H2,1-23H3. The van der Waals surface area contributed by atoms with Crippen molar-refractivity contribution in [3.8, 4) is 11.1 Å². The first-order chi connectivity index (χ1) is 40.8. The molecule has 0 atom stereocenters. The van der Waals surface area contributed by atoms with Crippen LogP contribution in [0.15, 0.2) is 127 Å². The van der Waals surface area contributed by atoms with Gasteiger partial charge in [-0.15, -0.1) is 0 Å². The number of anilines is 9. The zero-order chi connectivity index (χ0) is 63.1. The molecule has 0 saturated carbocycles. The van der Waals surface area contributed by atoms with Crippen molar-refractivity contribution in [3.05, 3.63) is 200 Å². The molecule has 7 aliphatic rings. The topological polar surface area (TPSA) is 9.72 Å². The van der Waals surface area contributed by atoms with Gasteiger partial charge in [0.15, 0.2) is 0 Å². The second kappa shape index (κ2) is 18.4. The van der Waals surface area contributed by atoms with Gasteiger partial charge >= 0.3 is 0 Å². The van der Waals surface area contributed by atoms with Gasteiger partial charge < -0.3 is 14.7 Å². The molecule has 0 N–H and O–H groups in total. The minimum Gasteiger partial charge on any atom is -0.311 e. The van der Waals surface area contributed by atoms with Crippen molar-refractivity contribution in [3.63, 3.8) is 0 Å². The van der Waals surface area contributed by atoms with Gasteiger partial charge in [0.2, 0.25) is 0 Å². The molecule has 0 spiro atoms. The fraction of sp³-hybridized carbons (Fsp3) is 0.429. The van der Waals surface area contributed by atoms with Crippen molar-refractivity contribution in [2.45, 2.75) is 234 Å². The second-order valence-electron chi connectivity index (χ2n) is 35.0. The number of rotatable bonds is 4. The van der Waals surface area contributed by atoms with Gasteiger partial charge in [-0.2, -0.15) is 0 Å². The summed E-state index contributed by atoms with van der Waals surface area (Å²) in [4.78, 5) is 8.16. The zero-order valence-corrected chi connectivity index (χ0v) is 57.9. The number of fused-ring (bicyclic) bond motifs is 7. The predicted octanol–water partition coefficient (Wildman–Crippen LogP) is 21.4. The third kappa shape index (κ3) is 8.47. The van der Waals surface area contributed by atoms with Crippen LogP contribution in [0.25, 0.3) is 11.1 Å². The molecule has 3 aliphatic carbocycles. The molecule has 0 radical (unpaired) electrons. The molecule has 88 heavy (non-hydrogen) atoms. The third-order valence-electron chi connectivity index (χ3n) is 23.2. The van der Waals surface area contributed by atoms with E-state index in [4.69, 9.17) is 0 Å². The van der Waals surface area contributed by atoms with E-state index in [1.54, 1.807) is 0 Å². The van der Waals surface area contributed by atoms with Crippen molar-refractivity contribution >= 4 is 74.3 Å². The van der Waals surface area contributed by atoms with E-state index >= 15 is 0 Å². The molecule has 0 unspecified atom stereocenters. The molecule has 0 saturated heterocycles. The van der Waals surface area contributed by atoms with E-state index < -0.39 is 0 Å². The summed E-state index contributed by atoms with van der Waals surface area (Å²) in [6.07, 6.45) is 4.65. The Morgan fingerprint density at radius 2 is 0.932 bits per heavy atom. The van der Waals surface area contributed by atoms with Crippen LogP contribution < -0.4 is 31.1 Å². The lowest BCUT2D eigenvalue weighted by Crippen LogP contribution is -2.62. The quantitative estimate of drug-likeness (QED) is 0.163. The van der Waals surface area contributed by atoms with E-state index in [1.807, 2.05) is 0 Å². The summed E-state index contributed by atoms with van der Waals surface area (Å²) in [5, 5.41) is 0. The van der Waals surface area contributed by atoms with Crippen LogP contribution in [-0.4, -0.2) is 6.71 Å². The number of hydrogen-bond acceptors (Lipinski definition) is 3. The monoisotopic (exact) mass is 1160 g/mol. The summed E-state index contributed by atoms with van der Waals surface area (Å²) < 4.78 is 0. The van der Waals surface area contributed by atoms with E-state index in [1.165, 1.54) is 152 Å². The summed E-state index contributed by atoms with van der Waals surface area (Å²) in [6.45, 7) is 55.9. The Morgan fingerprint density at radius 3 is 1.49 bits per heavy atom. The van der Waals surface area contributed by atoms with Crippen LogP contribution in [0.1, 0.15) is 243 Å². The molecule has 452 valence electrons.